The Balaban J connectivity index is 1.66. The fourth-order valence-corrected chi connectivity index (χ4v) is 3.07. The van der Waals surface area contributed by atoms with E-state index >= 15 is 4.39 Å². The maximum Gasteiger partial charge on any atom is 0.225 e. The summed E-state index contributed by atoms with van der Waals surface area (Å²) >= 11 is 0. The molecule has 1 N–H and O–H groups in total. The SMILES string of the molecule is Cc1cc2c(N3CCC(F)(CNC(=O)C(C)(C)C)CC3)nccn2n1. The molecule has 0 bridgehead atoms. The van der Waals surface area contributed by atoms with Crippen LogP contribution in [0.4, 0.5) is 10.2 Å². The number of fused-ring (bicyclic) bond motifs is 1. The van der Waals surface area contributed by atoms with Crippen molar-refractivity contribution in [2.24, 2.45) is 5.41 Å². The van der Waals surface area contributed by atoms with E-state index in [0.717, 1.165) is 17.0 Å². The molecule has 7 heteroatoms. The van der Waals surface area contributed by atoms with Crippen LogP contribution in [0.15, 0.2) is 18.5 Å². The largest absolute Gasteiger partial charge is 0.355 e. The highest BCUT2D eigenvalue weighted by Crippen LogP contribution is 2.30. The van der Waals surface area contributed by atoms with Gasteiger partial charge in [0.25, 0.3) is 0 Å². The summed E-state index contributed by atoms with van der Waals surface area (Å²) in [6.45, 7) is 8.64. The number of nitrogens with zero attached hydrogens (tertiary/aromatic N) is 4. The quantitative estimate of drug-likeness (QED) is 0.927. The van der Waals surface area contributed by atoms with Crippen LogP contribution in [0.25, 0.3) is 5.52 Å². The van der Waals surface area contributed by atoms with Crippen molar-refractivity contribution < 1.29 is 9.18 Å². The first-order valence-corrected chi connectivity index (χ1v) is 8.71. The minimum absolute atomic E-state index is 0.0698. The molecule has 3 rings (SSSR count). The van der Waals surface area contributed by atoms with Crippen molar-refractivity contribution in [1.29, 1.82) is 0 Å². The van der Waals surface area contributed by atoms with Crippen LogP contribution in [0, 0.1) is 12.3 Å². The molecule has 3 heterocycles. The number of aryl methyl sites for hydroxylation is 1. The molecular weight excluding hydrogens is 321 g/mol. The molecule has 1 amide bonds. The second kappa shape index (κ2) is 6.28. The molecule has 0 atom stereocenters. The monoisotopic (exact) mass is 347 g/mol. The second-order valence-corrected chi connectivity index (χ2v) is 7.94. The Bertz CT molecular complexity index is 771. The highest BCUT2D eigenvalue weighted by Gasteiger charge is 2.36. The molecule has 0 saturated carbocycles. The molecular formula is C18H26FN5O. The minimum Gasteiger partial charge on any atom is -0.355 e. The number of carbonyl (C=O) groups is 1. The van der Waals surface area contributed by atoms with E-state index in [1.165, 1.54) is 0 Å². The fourth-order valence-electron chi connectivity index (χ4n) is 3.07. The van der Waals surface area contributed by atoms with Gasteiger partial charge < -0.3 is 10.2 Å². The van der Waals surface area contributed by atoms with Crippen molar-refractivity contribution in [1.82, 2.24) is 19.9 Å². The van der Waals surface area contributed by atoms with Crippen molar-refractivity contribution in [3.8, 4) is 0 Å². The Morgan fingerprint density at radius 2 is 2.04 bits per heavy atom. The average Bonchev–Trinajstić information content (AvgIpc) is 2.93. The van der Waals surface area contributed by atoms with E-state index in [4.69, 9.17) is 0 Å². The van der Waals surface area contributed by atoms with Gasteiger partial charge >= 0.3 is 0 Å². The summed E-state index contributed by atoms with van der Waals surface area (Å²) in [5.74, 6) is 0.719. The van der Waals surface area contributed by atoms with Gasteiger partial charge in [0.1, 0.15) is 11.2 Å². The summed E-state index contributed by atoms with van der Waals surface area (Å²) in [4.78, 5) is 18.5. The number of nitrogens with one attached hydrogen (secondary N) is 1. The summed E-state index contributed by atoms with van der Waals surface area (Å²) in [6.07, 6.45) is 4.27. The summed E-state index contributed by atoms with van der Waals surface area (Å²) in [5.41, 5.74) is -0.00170. The summed E-state index contributed by atoms with van der Waals surface area (Å²) in [5, 5.41) is 7.16. The number of alkyl halides is 1. The highest BCUT2D eigenvalue weighted by molar-refractivity contribution is 5.81. The summed E-state index contributed by atoms with van der Waals surface area (Å²) < 4.78 is 16.9. The zero-order valence-electron chi connectivity index (χ0n) is 15.3. The molecule has 1 saturated heterocycles. The lowest BCUT2D eigenvalue weighted by molar-refractivity contribution is -0.129. The van der Waals surface area contributed by atoms with E-state index in [2.05, 4.69) is 20.3 Å². The minimum atomic E-state index is -1.36. The number of aromatic nitrogens is 3. The molecule has 1 aliphatic rings. The number of rotatable bonds is 3. The van der Waals surface area contributed by atoms with Crippen LogP contribution in [0.3, 0.4) is 0 Å². The smallest absolute Gasteiger partial charge is 0.225 e. The number of hydrogen-bond donors (Lipinski definition) is 1. The number of anilines is 1. The van der Waals surface area contributed by atoms with Gasteiger partial charge in [-0.15, -0.1) is 0 Å². The zero-order valence-corrected chi connectivity index (χ0v) is 15.3. The third-order valence-corrected chi connectivity index (χ3v) is 4.70. The van der Waals surface area contributed by atoms with Gasteiger partial charge in [-0.25, -0.2) is 13.9 Å². The van der Waals surface area contributed by atoms with Crippen LogP contribution < -0.4 is 10.2 Å². The van der Waals surface area contributed by atoms with Crippen molar-refractivity contribution in [2.75, 3.05) is 24.5 Å². The Morgan fingerprint density at radius 1 is 1.36 bits per heavy atom. The molecule has 136 valence electrons. The number of amides is 1. The number of halogens is 1. The van der Waals surface area contributed by atoms with Gasteiger partial charge in [0, 0.05) is 43.7 Å². The van der Waals surface area contributed by atoms with Crippen molar-refractivity contribution >= 4 is 17.2 Å². The molecule has 0 aliphatic carbocycles. The van der Waals surface area contributed by atoms with Gasteiger partial charge in [0.15, 0.2) is 5.82 Å². The molecule has 0 aromatic carbocycles. The third-order valence-electron chi connectivity index (χ3n) is 4.70. The van der Waals surface area contributed by atoms with E-state index in [-0.39, 0.29) is 12.5 Å². The van der Waals surface area contributed by atoms with Crippen molar-refractivity contribution in [3.05, 3.63) is 24.2 Å². The lowest BCUT2D eigenvalue weighted by atomic mass is 9.91. The topological polar surface area (TPSA) is 62.5 Å². The third kappa shape index (κ3) is 3.75. The zero-order chi connectivity index (χ0) is 18.2. The summed E-state index contributed by atoms with van der Waals surface area (Å²) in [6, 6.07) is 1.99. The van der Waals surface area contributed by atoms with Crippen LogP contribution in [0.2, 0.25) is 0 Å². The lowest BCUT2D eigenvalue weighted by Gasteiger charge is -2.37. The normalized spacial score (nSPS) is 17.7. The van der Waals surface area contributed by atoms with Gasteiger partial charge in [-0.2, -0.15) is 5.10 Å². The first-order chi connectivity index (χ1) is 11.7. The van der Waals surface area contributed by atoms with Crippen LogP contribution in [0.1, 0.15) is 39.3 Å². The van der Waals surface area contributed by atoms with Crippen molar-refractivity contribution in [2.45, 2.75) is 46.2 Å². The Labute approximate surface area is 147 Å². The Morgan fingerprint density at radius 3 is 2.68 bits per heavy atom. The predicted molar refractivity (Wildman–Crippen MR) is 95.5 cm³/mol. The molecule has 2 aromatic heterocycles. The van der Waals surface area contributed by atoms with Crippen LogP contribution in [-0.4, -0.2) is 45.8 Å². The predicted octanol–water partition coefficient (Wildman–Crippen LogP) is 2.51. The average molecular weight is 347 g/mol. The molecule has 0 spiro atoms. The van der Waals surface area contributed by atoms with E-state index in [0.29, 0.717) is 25.9 Å². The van der Waals surface area contributed by atoms with E-state index in [1.807, 2.05) is 40.0 Å². The van der Waals surface area contributed by atoms with Gasteiger partial charge in [0.05, 0.1) is 12.2 Å². The molecule has 0 unspecified atom stereocenters. The maximum absolute atomic E-state index is 15.0. The first-order valence-electron chi connectivity index (χ1n) is 8.71. The highest BCUT2D eigenvalue weighted by atomic mass is 19.1. The molecule has 0 radical (unpaired) electrons. The maximum atomic E-state index is 15.0. The van der Waals surface area contributed by atoms with E-state index in [9.17, 15) is 4.79 Å². The lowest BCUT2D eigenvalue weighted by Crippen LogP contribution is -2.50. The standard InChI is InChI=1S/C18H26FN5O/c1-13-11-14-15(20-7-10-24(14)22-13)23-8-5-18(19,6-9-23)12-21-16(25)17(2,3)4/h7,10-11H,5-6,8-9,12H2,1-4H3,(H,21,25). The first kappa shape index (κ1) is 17.6. The molecule has 2 aromatic rings. The fraction of sp³-hybridized carbons (Fsp3) is 0.611. The van der Waals surface area contributed by atoms with Crippen LogP contribution in [-0.2, 0) is 4.79 Å². The van der Waals surface area contributed by atoms with Crippen LogP contribution in [0.5, 0.6) is 0 Å². The van der Waals surface area contributed by atoms with Gasteiger partial charge in [0.2, 0.25) is 5.91 Å². The van der Waals surface area contributed by atoms with E-state index < -0.39 is 11.1 Å². The molecule has 6 nitrogen and oxygen atoms in total. The molecule has 1 fully saturated rings. The number of carbonyl (C=O) groups excluding carboxylic acids is 1. The summed E-state index contributed by atoms with van der Waals surface area (Å²) in [7, 11) is 0. The van der Waals surface area contributed by atoms with Crippen molar-refractivity contribution in [3.63, 3.8) is 0 Å². The Hall–Kier alpha value is -2.18. The van der Waals surface area contributed by atoms with E-state index in [1.54, 1.807) is 10.7 Å². The molecule has 25 heavy (non-hydrogen) atoms. The second-order valence-electron chi connectivity index (χ2n) is 7.94. The van der Waals surface area contributed by atoms with Gasteiger partial charge in [-0.05, 0) is 13.0 Å². The number of hydrogen-bond acceptors (Lipinski definition) is 4. The Kier molecular flexibility index (Phi) is 4.43. The number of piperidine rings is 1. The molecule has 1 aliphatic heterocycles. The van der Waals surface area contributed by atoms with Gasteiger partial charge in [-0.3, -0.25) is 4.79 Å². The van der Waals surface area contributed by atoms with Gasteiger partial charge in [-0.1, -0.05) is 20.8 Å². The van der Waals surface area contributed by atoms with Crippen LogP contribution >= 0.6 is 0 Å².